The highest BCUT2D eigenvalue weighted by atomic mass is 32.1. The SMILES string of the molecule is c1ccc(-c2ccc(-c3c4ccccc4c(-c4ccc5sc6c(ccc7c6sc6ccc8ccccc8c67)c5c4)c4ccccc34)cc2)cc1. The van der Waals surface area contributed by atoms with Crippen LogP contribution in [0.25, 0.3) is 106 Å². The van der Waals surface area contributed by atoms with Crippen LogP contribution < -0.4 is 0 Å². The highest BCUT2D eigenvalue weighted by Gasteiger charge is 2.19. The molecule has 0 saturated carbocycles. The van der Waals surface area contributed by atoms with Gasteiger partial charge in [0.25, 0.3) is 0 Å². The number of thiophene rings is 2. The van der Waals surface area contributed by atoms with Crippen molar-refractivity contribution < 1.29 is 0 Å². The molecule has 232 valence electrons. The Morgan fingerprint density at radius 3 is 1.50 bits per heavy atom. The molecule has 11 aromatic rings. The van der Waals surface area contributed by atoms with Gasteiger partial charge in [0.1, 0.15) is 0 Å². The maximum Gasteiger partial charge on any atom is 0.0534 e. The molecule has 0 spiro atoms. The summed E-state index contributed by atoms with van der Waals surface area (Å²) in [5.41, 5.74) is 7.57. The molecular weight excluding hydrogens is 641 g/mol. The van der Waals surface area contributed by atoms with E-state index in [9.17, 15) is 0 Å². The maximum atomic E-state index is 2.45. The van der Waals surface area contributed by atoms with Crippen LogP contribution in [0.4, 0.5) is 0 Å². The lowest BCUT2D eigenvalue weighted by Crippen LogP contribution is -1.91. The summed E-state index contributed by atoms with van der Waals surface area (Å²) in [6, 6.07) is 62.9. The van der Waals surface area contributed by atoms with Crippen LogP contribution in [0.1, 0.15) is 0 Å². The molecule has 0 aliphatic rings. The van der Waals surface area contributed by atoms with Gasteiger partial charge in [-0.2, -0.15) is 0 Å². The molecule has 2 heterocycles. The van der Waals surface area contributed by atoms with E-state index in [2.05, 4.69) is 170 Å². The van der Waals surface area contributed by atoms with E-state index in [1.54, 1.807) is 0 Å². The van der Waals surface area contributed by atoms with Gasteiger partial charge >= 0.3 is 0 Å². The molecule has 0 aliphatic carbocycles. The summed E-state index contributed by atoms with van der Waals surface area (Å²) < 4.78 is 5.48. The fourth-order valence-corrected chi connectivity index (χ4v) is 10.7. The van der Waals surface area contributed by atoms with Crippen molar-refractivity contribution in [2.75, 3.05) is 0 Å². The highest BCUT2D eigenvalue weighted by Crippen LogP contribution is 2.48. The smallest absolute Gasteiger partial charge is 0.0534 e. The first-order valence-electron chi connectivity index (χ1n) is 17.1. The van der Waals surface area contributed by atoms with E-state index in [4.69, 9.17) is 0 Å². The quantitative estimate of drug-likeness (QED) is 0.164. The van der Waals surface area contributed by atoms with E-state index in [0.717, 1.165) is 0 Å². The van der Waals surface area contributed by atoms with Gasteiger partial charge in [0.05, 0.1) is 9.40 Å². The molecule has 0 unspecified atom stereocenters. The average molecular weight is 669 g/mol. The van der Waals surface area contributed by atoms with Crippen LogP contribution in [0, 0.1) is 0 Å². The van der Waals surface area contributed by atoms with Gasteiger partial charge in [0.15, 0.2) is 0 Å². The first-order chi connectivity index (χ1) is 24.8. The Morgan fingerprint density at radius 2 is 0.780 bits per heavy atom. The van der Waals surface area contributed by atoms with Gasteiger partial charge in [0.2, 0.25) is 0 Å². The first-order valence-corrected chi connectivity index (χ1v) is 18.7. The molecule has 50 heavy (non-hydrogen) atoms. The summed E-state index contributed by atoms with van der Waals surface area (Å²) in [4.78, 5) is 0. The standard InChI is InChI=1S/C48H28S2/c1-2-10-29(11-3-1)30-18-20-32(21-19-30)44-35-14-6-8-16-37(35)45(38-17-9-7-15-36(38)44)33-23-26-42-41(28-33)39-24-25-40-46-34-13-5-4-12-31(34)22-27-43(46)50-48(40)47(39)49-42/h1-28H. The molecular formula is C48H28S2. The Labute approximate surface area is 297 Å². The third-order valence-corrected chi connectivity index (χ3v) is 13.0. The Hall–Kier alpha value is -5.80. The highest BCUT2D eigenvalue weighted by molar-refractivity contribution is 7.33. The molecule has 0 aliphatic heterocycles. The number of hydrogen-bond donors (Lipinski definition) is 0. The van der Waals surface area contributed by atoms with Crippen molar-refractivity contribution in [3.05, 3.63) is 170 Å². The fraction of sp³-hybridized carbons (Fsp3) is 0. The summed E-state index contributed by atoms with van der Waals surface area (Å²) in [6.07, 6.45) is 0. The molecule has 0 N–H and O–H groups in total. The summed E-state index contributed by atoms with van der Waals surface area (Å²) in [5, 5.41) is 13.2. The molecule has 0 nitrogen and oxygen atoms in total. The predicted molar refractivity (Wildman–Crippen MR) is 221 cm³/mol. The largest absolute Gasteiger partial charge is 0.134 e. The van der Waals surface area contributed by atoms with Gasteiger partial charge in [-0.1, -0.05) is 152 Å². The van der Waals surface area contributed by atoms with Crippen molar-refractivity contribution in [2.24, 2.45) is 0 Å². The van der Waals surface area contributed by atoms with Crippen LogP contribution in [0.5, 0.6) is 0 Å². The predicted octanol–water partition coefficient (Wildman–Crippen LogP) is 14.9. The van der Waals surface area contributed by atoms with E-state index in [1.807, 2.05) is 22.7 Å². The van der Waals surface area contributed by atoms with Crippen LogP contribution >= 0.6 is 22.7 Å². The fourth-order valence-electron chi connectivity index (χ4n) is 8.20. The normalized spacial score (nSPS) is 12.0. The molecule has 2 aromatic heterocycles. The van der Waals surface area contributed by atoms with Gasteiger partial charge < -0.3 is 0 Å². The van der Waals surface area contributed by atoms with Crippen LogP contribution in [0.15, 0.2) is 170 Å². The summed E-state index contributed by atoms with van der Waals surface area (Å²) in [5.74, 6) is 0. The van der Waals surface area contributed by atoms with Crippen molar-refractivity contribution in [1.82, 2.24) is 0 Å². The topological polar surface area (TPSA) is 0 Å². The molecule has 0 radical (unpaired) electrons. The van der Waals surface area contributed by atoms with Gasteiger partial charge in [-0.25, -0.2) is 0 Å². The van der Waals surface area contributed by atoms with Crippen molar-refractivity contribution >= 4 is 95.3 Å². The Balaban J connectivity index is 1.13. The Morgan fingerprint density at radius 1 is 0.280 bits per heavy atom. The van der Waals surface area contributed by atoms with Crippen molar-refractivity contribution in [3.63, 3.8) is 0 Å². The lowest BCUT2D eigenvalue weighted by Gasteiger charge is -2.18. The minimum atomic E-state index is 1.23. The molecule has 0 fully saturated rings. The van der Waals surface area contributed by atoms with Gasteiger partial charge in [-0.3, -0.25) is 0 Å². The molecule has 9 aromatic carbocycles. The average Bonchev–Trinajstić information content (AvgIpc) is 3.76. The molecule has 0 amide bonds. The van der Waals surface area contributed by atoms with Crippen molar-refractivity contribution in [3.8, 4) is 33.4 Å². The van der Waals surface area contributed by atoms with Gasteiger partial charge in [-0.15, -0.1) is 22.7 Å². The third-order valence-electron chi connectivity index (χ3n) is 10.5. The minimum Gasteiger partial charge on any atom is -0.134 e. The van der Waals surface area contributed by atoms with E-state index < -0.39 is 0 Å². The zero-order valence-corrected chi connectivity index (χ0v) is 28.6. The van der Waals surface area contributed by atoms with Crippen LogP contribution in [-0.4, -0.2) is 0 Å². The number of fused-ring (bicyclic) bond motifs is 11. The summed E-state index contributed by atoms with van der Waals surface area (Å²) >= 11 is 3.87. The van der Waals surface area contributed by atoms with Crippen LogP contribution in [-0.2, 0) is 0 Å². The molecule has 11 rings (SSSR count). The lowest BCUT2D eigenvalue weighted by molar-refractivity contribution is 1.61. The van der Waals surface area contributed by atoms with E-state index in [-0.39, 0.29) is 0 Å². The number of benzene rings is 9. The van der Waals surface area contributed by atoms with E-state index >= 15 is 0 Å². The van der Waals surface area contributed by atoms with Gasteiger partial charge in [0, 0.05) is 30.9 Å². The second kappa shape index (κ2) is 10.9. The molecule has 2 heteroatoms. The zero-order chi connectivity index (χ0) is 32.8. The van der Waals surface area contributed by atoms with Gasteiger partial charge in [-0.05, 0) is 83.9 Å². The summed E-state index contributed by atoms with van der Waals surface area (Å²) in [7, 11) is 0. The van der Waals surface area contributed by atoms with E-state index in [0.29, 0.717) is 0 Å². The second-order valence-corrected chi connectivity index (χ2v) is 15.3. The Kier molecular flexibility index (Phi) is 6.09. The maximum absolute atomic E-state index is 2.45. The molecule has 0 atom stereocenters. The zero-order valence-electron chi connectivity index (χ0n) is 27.0. The third kappa shape index (κ3) is 4.10. The van der Waals surface area contributed by atoms with Crippen LogP contribution in [0.2, 0.25) is 0 Å². The summed E-state index contributed by atoms with van der Waals surface area (Å²) in [6.45, 7) is 0. The number of hydrogen-bond acceptors (Lipinski definition) is 2. The lowest BCUT2D eigenvalue weighted by atomic mass is 9.85. The Bertz CT molecular complexity index is 3070. The van der Waals surface area contributed by atoms with Crippen LogP contribution in [0.3, 0.4) is 0 Å². The van der Waals surface area contributed by atoms with Crippen molar-refractivity contribution in [1.29, 1.82) is 0 Å². The minimum absolute atomic E-state index is 1.23. The van der Waals surface area contributed by atoms with Crippen molar-refractivity contribution in [2.45, 2.75) is 0 Å². The monoisotopic (exact) mass is 668 g/mol. The second-order valence-electron chi connectivity index (χ2n) is 13.2. The molecule has 0 saturated heterocycles. The number of rotatable bonds is 3. The first kappa shape index (κ1) is 28.1. The van der Waals surface area contributed by atoms with E-state index in [1.165, 1.54) is 106 Å². The molecule has 0 bridgehead atoms.